The fraction of sp³-hybridized carbons (Fsp3) is 0.706. The predicted molar refractivity (Wildman–Crippen MR) is 92.9 cm³/mol. The van der Waals surface area contributed by atoms with Crippen LogP contribution >= 0.6 is 11.3 Å². The van der Waals surface area contributed by atoms with Gasteiger partial charge in [-0.05, 0) is 45.6 Å². The SMILES string of the molecule is CNc1sc2c(c1C(=O)N1CCCC1)CCN(C(C)(C)C)C2. The fourth-order valence-corrected chi connectivity index (χ4v) is 4.67. The third-order valence-corrected chi connectivity index (χ3v) is 6.07. The second-order valence-electron chi connectivity index (χ2n) is 7.30. The summed E-state index contributed by atoms with van der Waals surface area (Å²) in [6, 6.07) is 0. The zero-order valence-corrected chi connectivity index (χ0v) is 15.0. The van der Waals surface area contributed by atoms with Gasteiger partial charge in [0.2, 0.25) is 0 Å². The molecule has 0 bridgehead atoms. The van der Waals surface area contributed by atoms with Gasteiger partial charge >= 0.3 is 0 Å². The predicted octanol–water partition coefficient (Wildman–Crippen LogP) is 3.18. The number of nitrogens with zero attached hydrogens (tertiary/aromatic N) is 2. The minimum Gasteiger partial charge on any atom is -0.379 e. The quantitative estimate of drug-likeness (QED) is 0.909. The Morgan fingerprint density at radius 2 is 1.86 bits per heavy atom. The number of likely N-dealkylation sites (tertiary alicyclic amines) is 1. The average molecular weight is 321 g/mol. The molecule has 1 aromatic rings. The summed E-state index contributed by atoms with van der Waals surface area (Å²) in [5, 5.41) is 4.32. The molecule has 22 heavy (non-hydrogen) atoms. The van der Waals surface area contributed by atoms with Crippen molar-refractivity contribution in [1.82, 2.24) is 9.80 Å². The van der Waals surface area contributed by atoms with Gasteiger partial charge in [0.05, 0.1) is 5.56 Å². The first-order valence-corrected chi connectivity index (χ1v) is 9.10. The van der Waals surface area contributed by atoms with Gasteiger partial charge in [0.1, 0.15) is 5.00 Å². The standard InChI is InChI=1S/C17H27N3OS/c1-17(2,3)20-10-7-12-13(11-20)22-15(18-4)14(12)16(21)19-8-5-6-9-19/h18H,5-11H2,1-4H3. The molecule has 0 atom stereocenters. The van der Waals surface area contributed by atoms with Crippen LogP contribution < -0.4 is 5.32 Å². The van der Waals surface area contributed by atoms with E-state index in [1.807, 2.05) is 11.9 Å². The molecule has 0 saturated carbocycles. The Bertz CT molecular complexity index is 567. The molecule has 3 heterocycles. The second kappa shape index (κ2) is 5.85. The Hall–Kier alpha value is -1.07. The first-order valence-electron chi connectivity index (χ1n) is 8.28. The fourth-order valence-electron chi connectivity index (χ4n) is 3.46. The monoisotopic (exact) mass is 321 g/mol. The van der Waals surface area contributed by atoms with Crippen molar-refractivity contribution in [2.75, 3.05) is 32.0 Å². The molecule has 1 aromatic heterocycles. The van der Waals surface area contributed by atoms with Crippen molar-refractivity contribution in [1.29, 1.82) is 0 Å². The van der Waals surface area contributed by atoms with Gasteiger partial charge in [0, 0.05) is 43.6 Å². The number of carbonyl (C=O) groups is 1. The first-order chi connectivity index (χ1) is 10.4. The van der Waals surface area contributed by atoms with E-state index in [2.05, 4.69) is 31.0 Å². The van der Waals surface area contributed by atoms with Crippen LogP contribution in [0.2, 0.25) is 0 Å². The summed E-state index contributed by atoms with van der Waals surface area (Å²) >= 11 is 1.77. The lowest BCUT2D eigenvalue weighted by Crippen LogP contribution is -2.44. The molecular weight excluding hydrogens is 294 g/mol. The smallest absolute Gasteiger partial charge is 0.257 e. The highest BCUT2D eigenvalue weighted by atomic mass is 32.1. The van der Waals surface area contributed by atoms with Crippen molar-refractivity contribution in [2.24, 2.45) is 0 Å². The minimum absolute atomic E-state index is 0.181. The Labute approximate surface area is 137 Å². The van der Waals surface area contributed by atoms with E-state index in [1.165, 1.54) is 10.4 Å². The number of hydrogen-bond acceptors (Lipinski definition) is 4. The number of thiophene rings is 1. The normalized spacial score (nSPS) is 19.4. The molecule has 122 valence electrons. The molecule has 0 unspecified atom stereocenters. The summed E-state index contributed by atoms with van der Waals surface area (Å²) in [6.07, 6.45) is 3.27. The molecule has 2 aliphatic rings. The van der Waals surface area contributed by atoms with Crippen LogP contribution in [0.15, 0.2) is 0 Å². The highest BCUT2D eigenvalue weighted by Gasteiger charge is 2.33. The van der Waals surface area contributed by atoms with Gasteiger partial charge < -0.3 is 10.2 Å². The Kier molecular flexibility index (Phi) is 4.21. The maximum Gasteiger partial charge on any atom is 0.257 e. The third kappa shape index (κ3) is 2.76. The lowest BCUT2D eigenvalue weighted by Gasteiger charge is -2.38. The van der Waals surface area contributed by atoms with Gasteiger partial charge in [-0.3, -0.25) is 9.69 Å². The molecule has 0 radical (unpaired) electrons. The number of amides is 1. The van der Waals surface area contributed by atoms with Gasteiger partial charge in [-0.1, -0.05) is 0 Å². The van der Waals surface area contributed by atoms with E-state index in [0.717, 1.165) is 56.0 Å². The minimum atomic E-state index is 0.181. The average Bonchev–Trinajstić information content (AvgIpc) is 3.12. The molecule has 1 amide bonds. The van der Waals surface area contributed by atoms with Crippen LogP contribution in [0.3, 0.4) is 0 Å². The number of anilines is 1. The zero-order valence-electron chi connectivity index (χ0n) is 14.2. The van der Waals surface area contributed by atoms with E-state index in [4.69, 9.17) is 0 Å². The van der Waals surface area contributed by atoms with Crippen LogP contribution in [0.5, 0.6) is 0 Å². The Morgan fingerprint density at radius 1 is 1.18 bits per heavy atom. The summed E-state index contributed by atoms with van der Waals surface area (Å²) in [7, 11) is 1.93. The molecular formula is C17H27N3OS. The van der Waals surface area contributed by atoms with E-state index < -0.39 is 0 Å². The lowest BCUT2D eigenvalue weighted by molar-refractivity contribution is 0.0790. The van der Waals surface area contributed by atoms with Gasteiger partial charge in [0.25, 0.3) is 5.91 Å². The maximum absolute atomic E-state index is 12.9. The van der Waals surface area contributed by atoms with Crippen LogP contribution in [0.1, 0.15) is 54.4 Å². The number of fused-ring (bicyclic) bond motifs is 1. The van der Waals surface area contributed by atoms with Crippen LogP contribution in [0, 0.1) is 0 Å². The van der Waals surface area contributed by atoms with Crippen molar-refractivity contribution in [3.63, 3.8) is 0 Å². The molecule has 0 aromatic carbocycles. The molecule has 1 saturated heterocycles. The summed E-state index contributed by atoms with van der Waals surface area (Å²) < 4.78 is 0. The maximum atomic E-state index is 12.9. The number of carbonyl (C=O) groups excluding carboxylic acids is 1. The van der Waals surface area contributed by atoms with Crippen molar-refractivity contribution < 1.29 is 4.79 Å². The van der Waals surface area contributed by atoms with Gasteiger partial charge in [-0.2, -0.15) is 0 Å². The summed E-state index contributed by atoms with van der Waals surface area (Å²) in [5.41, 5.74) is 2.44. The van der Waals surface area contributed by atoms with E-state index in [9.17, 15) is 4.79 Å². The molecule has 0 aliphatic carbocycles. The number of rotatable bonds is 2. The zero-order chi connectivity index (χ0) is 15.9. The molecule has 1 N–H and O–H groups in total. The molecule has 2 aliphatic heterocycles. The van der Waals surface area contributed by atoms with E-state index in [0.29, 0.717) is 0 Å². The Morgan fingerprint density at radius 3 is 2.45 bits per heavy atom. The van der Waals surface area contributed by atoms with E-state index >= 15 is 0 Å². The second-order valence-corrected chi connectivity index (χ2v) is 8.40. The van der Waals surface area contributed by atoms with Crippen molar-refractivity contribution in [3.05, 3.63) is 16.0 Å². The number of hydrogen-bond donors (Lipinski definition) is 1. The van der Waals surface area contributed by atoms with Gasteiger partial charge in [0.15, 0.2) is 0 Å². The third-order valence-electron chi connectivity index (χ3n) is 4.84. The van der Waals surface area contributed by atoms with Crippen LogP contribution in [-0.2, 0) is 13.0 Å². The molecule has 1 fully saturated rings. The van der Waals surface area contributed by atoms with Crippen LogP contribution in [-0.4, -0.2) is 47.9 Å². The summed E-state index contributed by atoms with van der Waals surface area (Å²) in [4.78, 5) is 18.8. The highest BCUT2D eigenvalue weighted by molar-refractivity contribution is 7.16. The topological polar surface area (TPSA) is 35.6 Å². The first kappa shape index (κ1) is 15.8. The lowest BCUT2D eigenvalue weighted by atomic mass is 9.97. The van der Waals surface area contributed by atoms with E-state index in [1.54, 1.807) is 11.3 Å². The highest BCUT2D eigenvalue weighted by Crippen LogP contribution is 2.39. The van der Waals surface area contributed by atoms with E-state index in [-0.39, 0.29) is 11.4 Å². The summed E-state index contributed by atoms with van der Waals surface area (Å²) in [5.74, 6) is 0.239. The van der Waals surface area contributed by atoms with Crippen molar-refractivity contribution in [2.45, 2.75) is 52.1 Å². The molecule has 4 nitrogen and oxygen atoms in total. The molecule has 5 heteroatoms. The van der Waals surface area contributed by atoms with Crippen LogP contribution in [0.4, 0.5) is 5.00 Å². The van der Waals surface area contributed by atoms with Crippen LogP contribution in [0.25, 0.3) is 0 Å². The molecule has 0 spiro atoms. The van der Waals surface area contributed by atoms with Gasteiger partial charge in [-0.25, -0.2) is 0 Å². The molecule has 3 rings (SSSR count). The Balaban J connectivity index is 1.92. The number of nitrogens with one attached hydrogen (secondary N) is 1. The summed E-state index contributed by atoms with van der Waals surface area (Å²) in [6.45, 7) is 10.6. The van der Waals surface area contributed by atoms with Crippen molar-refractivity contribution >= 4 is 22.2 Å². The van der Waals surface area contributed by atoms with Crippen molar-refractivity contribution in [3.8, 4) is 0 Å². The van der Waals surface area contributed by atoms with Gasteiger partial charge in [-0.15, -0.1) is 11.3 Å². The largest absolute Gasteiger partial charge is 0.379 e.